The van der Waals surface area contributed by atoms with Crippen molar-refractivity contribution in [3.63, 3.8) is 0 Å². The lowest BCUT2D eigenvalue weighted by Gasteiger charge is -2.39. The van der Waals surface area contributed by atoms with Crippen LogP contribution in [0.15, 0.2) is 48.5 Å². The third-order valence-corrected chi connectivity index (χ3v) is 7.37. The number of aryl methyl sites for hydroxylation is 1. The molecule has 1 aliphatic carbocycles. The zero-order chi connectivity index (χ0) is 18.6. The molecule has 2 heterocycles. The quantitative estimate of drug-likeness (QED) is 0.678. The van der Waals surface area contributed by atoms with Gasteiger partial charge in [0.2, 0.25) is 10.0 Å². The predicted molar refractivity (Wildman–Crippen MR) is 106 cm³/mol. The van der Waals surface area contributed by atoms with Crippen LogP contribution in [0.25, 0.3) is 11.0 Å². The zero-order valence-corrected chi connectivity index (χ0v) is 16.2. The Bertz CT molecular complexity index is 1110. The molecule has 1 saturated heterocycles. The summed E-state index contributed by atoms with van der Waals surface area (Å²) in [6.45, 7) is 3.06. The first-order chi connectivity index (χ1) is 13.0. The van der Waals surface area contributed by atoms with E-state index in [1.807, 2.05) is 49.4 Å². The number of para-hydroxylation sites is 2. The van der Waals surface area contributed by atoms with E-state index in [0.717, 1.165) is 28.0 Å². The number of benzene rings is 2. The van der Waals surface area contributed by atoms with Crippen molar-refractivity contribution in [1.82, 2.24) is 13.9 Å². The van der Waals surface area contributed by atoms with Crippen LogP contribution in [0.3, 0.4) is 0 Å². The Morgan fingerprint density at radius 3 is 2.59 bits per heavy atom. The average Bonchev–Trinajstić information content (AvgIpc) is 3.35. The molecule has 2 aromatic carbocycles. The Morgan fingerprint density at radius 1 is 1.07 bits per heavy atom. The minimum atomic E-state index is -3.29. The number of imidazole rings is 1. The molecule has 0 atom stereocenters. The first-order valence-electron chi connectivity index (χ1n) is 9.51. The Balaban J connectivity index is 1.38. The van der Waals surface area contributed by atoms with Gasteiger partial charge in [0, 0.05) is 19.0 Å². The van der Waals surface area contributed by atoms with Gasteiger partial charge in [-0.2, -0.15) is 4.31 Å². The number of hydrogen-bond acceptors (Lipinski definition) is 3. The summed E-state index contributed by atoms with van der Waals surface area (Å²) in [7, 11) is -3.29. The largest absolute Gasteiger partial charge is 0.322 e. The maximum Gasteiger partial charge on any atom is 0.218 e. The second-order valence-corrected chi connectivity index (χ2v) is 9.79. The number of fused-ring (bicyclic) bond motifs is 1. The number of sulfonamides is 1. The molecule has 0 radical (unpaired) electrons. The molecule has 140 valence electrons. The lowest BCUT2D eigenvalue weighted by molar-refractivity contribution is 0.204. The van der Waals surface area contributed by atoms with E-state index in [1.165, 1.54) is 12.8 Å². The standard InChI is InChI=1S/C21H23N3O2S/c1-15-5-4-6-16(11-15)14-27(25,26)23-12-18(13-23)24-20-8-3-2-7-19(20)22-21(24)17-9-10-17/h2-8,11,17-18H,9-10,12-14H2,1H3. The van der Waals surface area contributed by atoms with Crippen LogP contribution in [-0.2, 0) is 15.8 Å². The van der Waals surface area contributed by atoms with Gasteiger partial charge in [0.1, 0.15) is 5.82 Å². The van der Waals surface area contributed by atoms with Crippen molar-refractivity contribution in [3.8, 4) is 0 Å². The number of rotatable bonds is 5. The van der Waals surface area contributed by atoms with E-state index in [1.54, 1.807) is 4.31 Å². The van der Waals surface area contributed by atoms with E-state index in [0.29, 0.717) is 19.0 Å². The molecule has 1 aliphatic heterocycles. The molecular formula is C21H23N3O2S. The molecular weight excluding hydrogens is 358 g/mol. The van der Waals surface area contributed by atoms with Crippen LogP contribution in [0, 0.1) is 6.92 Å². The summed E-state index contributed by atoms with van der Waals surface area (Å²) in [6.07, 6.45) is 2.37. The van der Waals surface area contributed by atoms with Gasteiger partial charge in [-0.3, -0.25) is 0 Å². The normalized spacial score (nSPS) is 18.7. The Morgan fingerprint density at radius 2 is 1.85 bits per heavy atom. The van der Waals surface area contributed by atoms with E-state index < -0.39 is 10.0 Å². The predicted octanol–water partition coefficient (Wildman–Crippen LogP) is 3.61. The second-order valence-electron chi connectivity index (χ2n) is 7.82. The van der Waals surface area contributed by atoms with Gasteiger partial charge in [-0.15, -0.1) is 0 Å². The molecule has 0 unspecified atom stereocenters. The number of hydrogen-bond donors (Lipinski definition) is 0. The molecule has 1 aromatic heterocycles. The zero-order valence-electron chi connectivity index (χ0n) is 15.4. The molecule has 5 rings (SSSR count). The van der Waals surface area contributed by atoms with Crippen LogP contribution < -0.4 is 0 Å². The lowest BCUT2D eigenvalue weighted by Crippen LogP contribution is -2.51. The molecule has 3 aromatic rings. The monoisotopic (exact) mass is 381 g/mol. The molecule has 0 N–H and O–H groups in total. The Labute approximate surface area is 159 Å². The molecule has 0 bridgehead atoms. The van der Waals surface area contributed by atoms with Gasteiger partial charge >= 0.3 is 0 Å². The highest BCUT2D eigenvalue weighted by Crippen LogP contribution is 2.43. The number of nitrogens with zero attached hydrogens (tertiary/aromatic N) is 3. The van der Waals surface area contributed by atoms with Gasteiger partial charge in [-0.05, 0) is 37.5 Å². The van der Waals surface area contributed by atoms with Crippen molar-refractivity contribution in [2.45, 2.75) is 37.5 Å². The van der Waals surface area contributed by atoms with Crippen LogP contribution in [0.5, 0.6) is 0 Å². The minimum absolute atomic E-state index is 0.0710. The summed E-state index contributed by atoms with van der Waals surface area (Å²) in [5, 5.41) is 0. The van der Waals surface area contributed by atoms with Crippen molar-refractivity contribution < 1.29 is 8.42 Å². The summed E-state index contributed by atoms with van der Waals surface area (Å²) >= 11 is 0. The van der Waals surface area contributed by atoms with Crippen molar-refractivity contribution in [2.75, 3.05) is 13.1 Å². The van der Waals surface area contributed by atoms with E-state index in [9.17, 15) is 8.42 Å². The van der Waals surface area contributed by atoms with Gasteiger partial charge in [0.15, 0.2) is 0 Å². The van der Waals surface area contributed by atoms with E-state index in [2.05, 4.69) is 10.6 Å². The maximum atomic E-state index is 12.8. The Kier molecular flexibility index (Phi) is 3.88. The first-order valence-corrected chi connectivity index (χ1v) is 11.1. The van der Waals surface area contributed by atoms with Crippen molar-refractivity contribution in [2.24, 2.45) is 0 Å². The van der Waals surface area contributed by atoms with Crippen molar-refractivity contribution >= 4 is 21.1 Å². The van der Waals surface area contributed by atoms with E-state index >= 15 is 0 Å². The smallest absolute Gasteiger partial charge is 0.218 e. The molecule has 5 nitrogen and oxygen atoms in total. The maximum absolute atomic E-state index is 12.8. The van der Waals surface area contributed by atoms with Gasteiger partial charge in [-0.1, -0.05) is 42.0 Å². The summed E-state index contributed by atoms with van der Waals surface area (Å²) in [5.41, 5.74) is 4.08. The Hall–Kier alpha value is -2.18. The van der Waals surface area contributed by atoms with Gasteiger partial charge in [0.25, 0.3) is 0 Å². The van der Waals surface area contributed by atoms with E-state index in [-0.39, 0.29) is 11.8 Å². The van der Waals surface area contributed by atoms with Crippen LogP contribution in [0.4, 0.5) is 0 Å². The summed E-state index contributed by atoms with van der Waals surface area (Å²) in [4.78, 5) is 4.84. The SMILES string of the molecule is Cc1cccc(CS(=O)(=O)N2CC(n3c(C4CC4)nc4ccccc43)C2)c1. The average molecular weight is 382 g/mol. The van der Waals surface area contributed by atoms with E-state index in [4.69, 9.17) is 4.98 Å². The summed E-state index contributed by atoms with van der Waals surface area (Å²) in [5.74, 6) is 1.74. The van der Waals surface area contributed by atoms with Gasteiger partial charge in [-0.25, -0.2) is 13.4 Å². The van der Waals surface area contributed by atoms with Gasteiger partial charge < -0.3 is 4.57 Å². The highest BCUT2D eigenvalue weighted by atomic mass is 32.2. The second kappa shape index (κ2) is 6.17. The topological polar surface area (TPSA) is 55.2 Å². The summed E-state index contributed by atoms with van der Waals surface area (Å²) < 4.78 is 29.5. The van der Waals surface area contributed by atoms with Crippen LogP contribution >= 0.6 is 0 Å². The highest BCUT2D eigenvalue weighted by Gasteiger charge is 2.40. The molecule has 1 saturated carbocycles. The highest BCUT2D eigenvalue weighted by molar-refractivity contribution is 7.88. The molecule has 6 heteroatoms. The first kappa shape index (κ1) is 17.0. The summed E-state index contributed by atoms with van der Waals surface area (Å²) in [6, 6.07) is 16.1. The fourth-order valence-corrected chi connectivity index (χ4v) is 5.57. The van der Waals surface area contributed by atoms with Crippen molar-refractivity contribution in [1.29, 1.82) is 0 Å². The van der Waals surface area contributed by atoms with Crippen LogP contribution in [0.2, 0.25) is 0 Å². The fourth-order valence-electron chi connectivity index (χ4n) is 3.99. The third kappa shape index (κ3) is 3.07. The number of aromatic nitrogens is 2. The minimum Gasteiger partial charge on any atom is -0.322 e. The van der Waals surface area contributed by atoms with Crippen LogP contribution in [0.1, 0.15) is 41.8 Å². The molecule has 2 fully saturated rings. The lowest BCUT2D eigenvalue weighted by atomic mass is 10.1. The van der Waals surface area contributed by atoms with Crippen LogP contribution in [-0.4, -0.2) is 35.4 Å². The molecule has 0 spiro atoms. The molecule has 27 heavy (non-hydrogen) atoms. The van der Waals surface area contributed by atoms with Crippen molar-refractivity contribution in [3.05, 3.63) is 65.5 Å². The third-order valence-electron chi connectivity index (χ3n) is 5.58. The van der Waals surface area contributed by atoms with Gasteiger partial charge in [0.05, 0.1) is 22.8 Å². The molecule has 2 aliphatic rings. The molecule has 0 amide bonds. The fraction of sp³-hybridized carbons (Fsp3) is 0.381.